The first-order valence-corrected chi connectivity index (χ1v) is 11.9. The third-order valence-electron chi connectivity index (χ3n) is 5.74. The molecule has 0 spiro atoms. The molecule has 7 heteroatoms. The number of carbonyl (C=O) groups excluding carboxylic acids is 1. The number of carbonyl (C=O) groups is 1. The SMILES string of the molecule is CC(OCCCNC(=O)CCc1nc2sc3c(c2c(=O)[nH]1)CCCC3)c1ccccc1. The van der Waals surface area contributed by atoms with Gasteiger partial charge in [-0.2, -0.15) is 0 Å². The first kappa shape index (κ1) is 21.7. The van der Waals surface area contributed by atoms with Gasteiger partial charge in [-0.3, -0.25) is 9.59 Å². The zero-order chi connectivity index (χ0) is 21.6. The van der Waals surface area contributed by atoms with Gasteiger partial charge >= 0.3 is 0 Å². The summed E-state index contributed by atoms with van der Waals surface area (Å²) < 4.78 is 5.83. The zero-order valence-electron chi connectivity index (χ0n) is 17.9. The molecule has 1 aromatic carbocycles. The van der Waals surface area contributed by atoms with Crippen molar-refractivity contribution in [2.75, 3.05) is 13.2 Å². The lowest BCUT2D eigenvalue weighted by atomic mass is 9.97. The highest BCUT2D eigenvalue weighted by atomic mass is 32.1. The first-order chi connectivity index (χ1) is 15.1. The quantitative estimate of drug-likeness (QED) is 0.492. The zero-order valence-corrected chi connectivity index (χ0v) is 18.7. The molecule has 0 saturated heterocycles. The van der Waals surface area contributed by atoms with Gasteiger partial charge in [-0.1, -0.05) is 30.3 Å². The number of thiophene rings is 1. The topological polar surface area (TPSA) is 84.1 Å². The summed E-state index contributed by atoms with van der Waals surface area (Å²) in [4.78, 5) is 34.4. The number of fused-ring (bicyclic) bond motifs is 3. The molecule has 1 unspecified atom stereocenters. The number of nitrogens with zero attached hydrogens (tertiary/aromatic N) is 1. The number of ether oxygens (including phenoxy) is 1. The first-order valence-electron chi connectivity index (χ1n) is 11.1. The summed E-state index contributed by atoms with van der Waals surface area (Å²) in [6.07, 6.45) is 5.86. The summed E-state index contributed by atoms with van der Waals surface area (Å²) in [6.45, 7) is 3.19. The van der Waals surface area contributed by atoms with E-state index in [-0.39, 0.29) is 17.6 Å². The summed E-state index contributed by atoms with van der Waals surface area (Å²) in [5.41, 5.74) is 2.27. The number of aromatic nitrogens is 2. The van der Waals surface area contributed by atoms with Crippen LogP contribution in [-0.2, 0) is 28.8 Å². The number of aromatic amines is 1. The average molecular weight is 440 g/mol. The van der Waals surface area contributed by atoms with Crippen LogP contribution in [0.4, 0.5) is 0 Å². The van der Waals surface area contributed by atoms with Crippen LogP contribution in [0, 0.1) is 0 Å². The summed E-state index contributed by atoms with van der Waals surface area (Å²) in [5.74, 6) is 0.551. The molecule has 0 saturated carbocycles. The monoisotopic (exact) mass is 439 g/mol. The number of nitrogens with one attached hydrogen (secondary N) is 2. The fourth-order valence-corrected chi connectivity index (χ4v) is 5.31. The third kappa shape index (κ3) is 5.40. The fraction of sp³-hybridized carbons (Fsp3) is 0.458. The summed E-state index contributed by atoms with van der Waals surface area (Å²) in [7, 11) is 0. The Morgan fingerprint density at radius 2 is 2.06 bits per heavy atom. The normalized spacial score (nSPS) is 14.4. The Morgan fingerprint density at radius 1 is 1.26 bits per heavy atom. The minimum Gasteiger partial charge on any atom is -0.374 e. The molecular weight excluding hydrogens is 410 g/mol. The Kier molecular flexibility index (Phi) is 7.14. The van der Waals surface area contributed by atoms with Crippen molar-refractivity contribution in [1.82, 2.24) is 15.3 Å². The Balaban J connectivity index is 1.21. The minimum atomic E-state index is -0.0653. The largest absolute Gasteiger partial charge is 0.374 e. The van der Waals surface area contributed by atoms with Gasteiger partial charge in [-0.15, -0.1) is 11.3 Å². The van der Waals surface area contributed by atoms with Crippen molar-refractivity contribution in [1.29, 1.82) is 0 Å². The second-order valence-corrected chi connectivity index (χ2v) is 9.11. The average Bonchev–Trinajstić information content (AvgIpc) is 3.17. The van der Waals surface area contributed by atoms with Gasteiger partial charge in [0.15, 0.2) is 0 Å². The maximum Gasteiger partial charge on any atom is 0.259 e. The van der Waals surface area contributed by atoms with Crippen molar-refractivity contribution < 1.29 is 9.53 Å². The lowest BCUT2D eigenvalue weighted by molar-refractivity contribution is -0.121. The molecule has 2 heterocycles. The molecule has 1 atom stereocenters. The molecule has 2 aromatic heterocycles. The second kappa shape index (κ2) is 10.2. The predicted octanol–water partition coefficient (Wildman–Crippen LogP) is 4.08. The molecule has 2 N–H and O–H groups in total. The van der Waals surface area contributed by atoms with Crippen molar-refractivity contribution in [3.05, 3.63) is 62.5 Å². The van der Waals surface area contributed by atoms with Crippen LogP contribution in [0.15, 0.2) is 35.1 Å². The number of hydrogen-bond acceptors (Lipinski definition) is 5. The standard InChI is InChI=1S/C24H29N3O3S/c1-16(17-8-3-2-4-9-17)30-15-7-14-25-21(28)13-12-20-26-23(29)22-18-10-5-6-11-19(18)31-24(22)27-20/h2-4,8-9,16H,5-7,10-15H2,1H3,(H,25,28)(H,26,27,29). The van der Waals surface area contributed by atoms with Crippen LogP contribution in [0.2, 0.25) is 0 Å². The molecule has 0 bridgehead atoms. The molecule has 4 rings (SSSR count). The van der Waals surface area contributed by atoms with E-state index in [9.17, 15) is 9.59 Å². The highest BCUT2D eigenvalue weighted by molar-refractivity contribution is 7.18. The summed E-state index contributed by atoms with van der Waals surface area (Å²) >= 11 is 1.64. The van der Waals surface area contributed by atoms with E-state index in [4.69, 9.17) is 4.74 Å². The number of rotatable bonds is 9. The van der Waals surface area contributed by atoms with Crippen LogP contribution < -0.4 is 10.9 Å². The van der Waals surface area contributed by atoms with E-state index >= 15 is 0 Å². The van der Waals surface area contributed by atoms with Gasteiger partial charge in [0.1, 0.15) is 10.7 Å². The molecule has 31 heavy (non-hydrogen) atoms. The molecule has 164 valence electrons. The molecule has 6 nitrogen and oxygen atoms in total. The van der Waals surface area contributed by atoms with E-state index < -0.39 is 0 Å². The lowest BCUT2D eigenvalue weighted by Crippen LogP contribution is -2.26. The Bertz CT molecular complexity index is 1090. The van der Waals surface area contributed by atoms with E-state index in [2.05, 4.69) is 15.3 Å². The van der Waals surface area contributed by atoms with Gasteiger partial charge in [0.2, 0.25) is 5.91 Å². The molecule has 3 aromatic rings. The van der Waals surface area contributed by atoms with Gasteiger partial charge in [-0.25, -0.2) is 4.98 Å². The molecule has 1 amide bonds. The Labute approximate surface area is 186 Å². The van der Waals surface area contributed by atoms with Gasteiger partial charge in [0, 0.05) is 30.9 Å². The number of hydrogen-bond donors (Lipinski definition) is 2. The van der Waals surface area contributed by atoms with Crippen molar-refractivity contribution in [2.45, 2.75) is 58.0 Å². The van der Waals surface area contributed by atoms with Crippen LogP contribution in [0.3, 0.4) is 0 Å². The fourth-order valence-electron chi connectivity index (χ4n) is 4.03. The number of amides is 1. The Morgan fingerprint density at radius 3 is 2.90 bits per heavy atom. The predicted molar refractivity (Wildman–Crippen MR) is 124 cm³/mol. The van der Waals surface area contributed by atoms with Gasteiger partial charge in [-0.05, 0) is 50.2 Å². The number of H-pyrrole nitrogens is 1. The van der Waals surface area contributed by atoms with E-state index in [0.29, 0.717) is 31.8 Å². The molecule has 1 aliphatic rings. The van der Waals surface area contributed by atoms with E-state index in [0.717, 1.165) is 41.5 Å². The van der Waals surface area contributed by atoms with E-state index in [1.54, 1.807) is 11.3 Å². The van der Waals surface area contributed by atoms with Crippen molar-refractivity contribution in [3.63, 3.8) is 0 Å². The molecule has 0 fully saturated rings. The van der Waals surface area contributed by atoms with Gasteiger partial charge in [0.05, 0.1) is 11.5 Å². The molecule has 0 aliphatic heterocycles. The molecule has 0 radical (unpaired) electrons. The maximum atomic E-state index is 12.6. The number of benzene rings is 1. The molecule has 1 aliphatic carbocycles. The van der Waals surface area contributed by atoms with Gasteiger partial charge in [0.25, 0.3) is 5.56 Å². The van der Waals surface area contributed by atoms with Crippen molar-refractivity contribution in [2.24, 2.45) is 0 Å². The van der Waals surface area contributed by atoms with Crippen LogP contribution in [0.5, 0.6) is 0 Å². The summed E-state index contributed by atoms with van der Waals surface area (Å²) in [5, 5.41) is 3.68. The van der Waals surface area contributed by atoms with Crippen LogP contribution in [-0.4, -0.2) is 29.0 Å². The lowest BCUT2D eigenvalue weighted by Gasteiger charge is -2.13. The highest BCUT2D eigenvalue weighted by Gasteiger charge is 2.19. The van der Waals surface area contributed by atoms with Crippen molar-refractivity contribution in [3.8, 4) is 0 Å². The maximum absolute atomic E-state index is 12.6. The van der Waals surface area contributed by atoms with Crippen LogP contribution >= 0.6 is 11.3 Å². The Hall–Kier alpha value is -2.51. The van der Waals surface area contributed by atoms with Crippen LogP contribution in [0.25, 0.3) is 10.2 Å². The third-order valence-corrected chi connectivity index (χ3v) is 6.93. The van der Waals surface area contributed by atoms with E-state index in [1.165, 1.54) is 16.9 Å². The summed E-state index contributed by atoms with van der Waals surface area (Å²) in [6, 6.07) is 10.1. The van der Waals surface area contributed by atoms with Gasteiger partial charge < -0.3 is 15.0 Å². The van der Waals surface area contributed by atoms with Crippen LogP contribution in [0.1, 0.15) is 60.5 Å². The number of aryl methyl sites for hydroxylation is 3. The molecular formula is C24H29N3O3S. The highest BCUT2D eigenvalue weighted by Crippen LogP contribution is 2.33. The van der Waals surface area contributed by atoms with E-state index in [1.807, 2.05) is 37.3 Å². The second-order valence-electron chi connectivity index (χ2n) is 8.03. The minimum absolute atomic E-state index is 0.0377. The smallest absolute Gasteiger partial charge is 0.259 e. The van der Waals surface area contributed by atoms with Crippen molar-refractivity contribution >= 4 is 27.5 Å².